The number of amides is 2. The number of piperazine rings is 1. The molecule has 0 spiro atoms. The highest BCUT2D eigenvalue weighted by Crippen LogP contribution is 2.37. The molecular weight excluding hydrogens is 414 g/mol. The van der Waals surface area contributed by atoms with E-state index in [1.54, 1.807) is 9.80 Å². The van der Waals surface area contributed by atoms with Crippen LogP contribution >= 0.6 is 11.6 Å². The van der Waals surface area contributed by atoms with E-state index >= 15 is 0 Å². The molecule has 2 aromatic rings. The van der Waals surface area contributed by atoms with Crippen LogP contribution in [0.2, 0.25) is 5.02 Å². The molecule has 1 aromatic carbocycles. The molecule has 1 aliphatic heterocycles. The lowest BCUT2D eigenvalue weighted by Gasteiger charge is -2.34. The molecule has 1 aromatic heterocycles. The molecule has 2 amide bonds. The van der Waals surface area contributed by atoms with Crippen molar-refractivity contribution in [1.82, 2.24) is 14.8 Å². The van der Waals surface area contributed by atoms with Crippen molar-refractivity contribution >= 4 is 34.5 Å². The molecule has 0 N–H and O–H groups in total. The summed E-state index contributed by atoms with van der Waals surface area (Å²) in [5.41, 5.74) is 3.57. The largest absolute Gasteiger partial charge is 0.445 e. The van der Waals surface area contributed by atoms with E-state index < -0.39 is 0 Å². The Labute approximate surface area is 187 Å². The van der Waals surface area contributed by atoms with Gasteiger partial charge >= 0.3 is 6.09 Å². The lowest BCUT2D eigenvalue weighted by molar-refractivity contribution is 0.0581. The van der Waals surface area contributed by atoms with Crippen LogP contribution in [0.5, 0.6) is 0 Å². The number of nitrogens with zero attached hydrogens (tertiary/aromatic N) is 3. The van der Waals surface area contributed by atoms with Gasteiger partial charge in [-0.3, -0.25) is 9.78 Å². The molecule has 1 fully saturated rings. The summed E-state index contributed by atoms with van der Waals surface area (Å²) in [6, 6.07) is 5.57. The number of aromatic nitrogens is 1. The van der Waals surface area contributed by atoms with E-state index in [-0.39, 0.29) is 18.6 Å². The summed E-state index contributed by atoms with van der Waals surface area (Å²) in [6.45, 7) is 10.1. The number of carbonyl (C=O) groups is 2. The number of pyridine rings is 1. The smallest absolute Gasteiger partial charge is 0.410 e. The molecule has 1 saturated heterocycles. The first-order chi connectivity index (χ1) is 14.9. The summed E-state index contributed by atoms with van der Waals surface area (Å²) < 4.78 is 5.07. The molecule has 1 aliphatic carbocycles. The van der Waals surface area contributed by atoms with E-state index in [4.69, 9.17) is 21.3 Å². The first-order valence-electron chi connectivity index (χ1n) is 10.8. The number of hydrogen-bond acceptors (Lipinski definition) is 4. The van der Waals surface area contributed by atoms with Gasteiger partial charge in [-0.05, 0) is 42.4 Å². The van der Waals surface area contributed by atoms with Crippen molar-refractivity contribution in [3.05, 3.63) is 52.7 Å². The van der Waals surface area contributed by atoms with Gasteiger partial charge in [-0.1, -0.05) is 44.2 Å². The van der Waals surface area contributed by atoms with Crippen LogP contribution in [0.3, 0.4) is 0 Å². The summed E-state index contributed by atoms with van der Waals surface area (Å²) in [5, 5.41) is 1.66. The van der Waals surface area contributed by atoms with Crippen molar-refractivity contribution in [3.63, 3.8) is 0 Å². The minimum atomic E-state index is -0.370. The van der Waals surface area contributed by atoms with Crippen molar-refractivity contribution in [2.45, 2.75) is 26.7 Å². The maximum atomic E-state index is 13.1. The third kappa shape index (κ3) is 4.26. The Morgan fingerprint density at radius 2 is 1.84 bits per heavy atom. The molecule has 0 radical (unpaired) electrons. The first kappa shape index (κ1) is 21.6. The standard InChI is InChI=1S/C24H28ClN3O3/c1-4-11-31-24(30)28-9-7-27(8-10-28)23(29)17-5-6-18-21(14-17)26-20-13-16(3)15(2)12-19(20)22(18)25/h4-6,14-16H,1,7-13H2,2-3H3. The third-order valence-electron chi connectivity index (χ3n) is 6.51. The third-order valence-corrected chi connectivity index (χ3v) is 6.94. The fraction of sp³-hybridized carbons (Fsp3) is 0.458. The van der Waals surface area contributed by atoms with Gasteiger partial charge in [0.05, 0.1) is 10.5 Å². The molecule has 164 valence electrons. The number of rotatable bonds is 3. The summed E-state index contributed by atoms with van der Waals surface area (Å²) >= 11 is 6.74. The van der Waals surface area contributed by atoms with Crippen molar-refractivity contribution in [2.75, 3.05) is 32.8 Å². The van der Waals surface area contributed by atoms with E-state index in [0.29, 0.717) is 43.6 Å². The normalized spacial score (nSPS) is 21.0. The Kier molecular flexibility index (Phi) is 6.19. The molecule has 6 nitrogen and oxygen atoms in total. The second kappa shape index (κ2) is 8.87. The molecule has 4 rings (SSSR count). The van der Waals surface area contributed by atoms with Gasteiger partial charge in [-0.15, -0.1) is 0 Å². The molecule has 2 unspecified atom stereocenters. The highest BCUT2D eigenvalue weighted by Gasteiger charge is 2.28. The summed E-state index contributed by atoms with van der Waals surface area (Å²) in [4.78, 5) is 33.3. The number of hydrogen-bond donors (Lipinski definition) is 0. The maximum absolute atomic E-state index is 13.1. The number of fused-ring (bicyclic) bond motifs is 2. The van der Waals surface area contributed by atoms with Crippen LogP contribution < -0.4 is 0 Å². The van der Waals surface area contributed by atoms with Crippen LogP contribution in [0.4, 0.5) is 4.79 Å². The lowest BCUT2D eigenvalue weighted by atomic mass is 9.79. The molecule has 2 heterocycles. The molecule has 7 heteroatoms. The van der Waals surface area contributed by atoms with E-state index in [2.05, 4.69) is 20.4 Å². The monoisotopic (exact) mass is 441 g/mol. The van der Waals surface area contributed by atoms with Gasteiger partial charge in [0.25, 0.3) is 5.91 Å². The second-order valence-electron chi connectivity index (χ2n) is 8.59. The SMILES string of the molecule is C=CCOC(=O)N1CCN(C(=O)c2ccc3c(Cl)c4c(nc3c2)CC(C)C(C)C4)CC1. The topological polar surface area (TPSA) is 62.7 Å². The zero-order valence-electron chi connectivity index (χ0n) is 18.1. The van der Waals surface area contributed by atoms with Crippen LogP contribution in [0.25, 0.3) is 10.9 Å². The molecule has 2 atom stereocenters. The van der Waals surface area contributed by atoms with Gasteiger partial charge < -0.3 is 14.5 Å². The number of benzene rings is 1. The molecule has 2 aliphatic rings. The Bertz CT molecular complexity index is 1030. The van der Waals surface area contributed by atoms with Crippen LogP contribution in [0.15, 0.2) is 30.9 Å². The number of ether oxygens (including phenoxy) is 1. The van der Waals surface area contributed by atoms with Gasteiger partial charge in [0.1, 0.15) is 6.61 Å². The van der Waals surface area contributed by atoms with Crippen molar-refractivity contribution in [3.8, 4) is 0 Å². The Morgan fingerprint density at radius 1 is 1.16 bits per heavy atom. The number of halogens is 1. The Morgan fingerprint density at radius 3 is 2.55 bits per heavy atom. The van der Waals surface area contributed by atoms with Crippen LogP contribution in [-0.2, 0) is 17.6 Å². The van der Waals surface area contributed by atoms with E-state index in [9.17, 15) is 9.59 Å². The quantitative estimate of drug-likeness (QED) is 0.665. The minimum absolute atomic E-state index is 0.0568. The molecular formula is C24H28ClN3O3. The fourth-order valence-corrected chi connectivity index (χ4v) is 4.69. The Balaban J connectivity index is 1.51. The number of carbonyl (C=O) groups excluding carboxylic acids is 2. The van der Waals surface area contributed by atoms with Crippen molar-refractivity contribution in [2.24, 2.45) is 11.8 Å². The molecule has 0 saturated carbocycles. The van der Waals surface area contributed by atoms with E-state index in [1.807, 2.05) is 18.2 Å². The van der Waals surface area contributed by atoms with Crippen molar-refractivity contribution in [1.29, 1.82) is 0 Å². The molecule has 31 heavy (non-hydrogen) atoms. The average molecular weight is 442 g/mol. The predicted molar refractivity (Wildman–Crippen MR) is 122 cm³/mol. The second-order valence-corrected chi connectivity index (χ2v) is 8.97. The predicted octanol–water partition coefficient (Wildman–Crippen LogP) is 4.34. The van der Waals surface area contributed by atoms with Gasteiger partial charge in [-0.2, -0.15) is 0 Å². The van der Waals surface area contributed by atoms with Gasteiger partial charge in [0.15, 0.2) is 0 Å². The van der Waals surface area contributed by atoms with Crippen molar-refractivity contribution < 1.29 is 14.3 Å². The van der Waals surface area contributed by atoms with E-state index in [0.717, 1.165) is 40.0 Å². The van der Waals surface area contributed by atoms with Crippen LogP contribution in [0, 0.1) is 11.8 Å². The van der Waals surface area contributed by atoms with Crippen LogP contribution in [0.1, 0.15) is 35.5 Å². The summed E-state index contributed by atoms with van der Waals surface area (Å²) in [7, 11) is 0. The first-order valence-corrected chi connectivity index (χ1v) is 11.2. The average Bonchev–Trinajstić information content (AvgIpc) is 2.78. The maximum Gasteiger partial charge on any atom is 0.410 e. The molecule has 0 bridgehead atoms. The van der Waals surface area contributed by atoms with Crippen LogP contribution in [-0.4, -0.2) is 59.6 Å². The highest BCUT2D eigenvalue weighted by atomic mass is 35.5. The van der Waals surface area contributed by atoms with E-state index in [1.165, 1.54) is 6.08 Å². The lowest BCUT2D eigenvalue weighted by Crippen LogP contribution is -2.50. The van der Waals surface area contributed by atoms with Gasteiger partial charge in [0, 0.05) is 42.8 Å². The summed E-state index contributed by atoms with van der Waals surface area (Å²) in [5.74, 6) is 1.09. The van der Waals surface area contributed by atoms with Gasteiger partial charge in [-0.25, -0.2) is 4.79 Å². The Hall–Kier alpha value is -2.60. The summed E-state index contributed by atoms with van der Waals surface area (Å²) in [6.07, 6.45) is 3.02. The minimum Gasteiger partial charge on any atom is -0.445 e. The zero-order valence-corrected chi connectivity index (χ0v) is 18.8. The zero-order chi connectivity index (χ0) is 22.1. The van der Waals surface area contributed by atoms with Gasteiger partial charge in [0.2, 0.25) is 0 Å². The fourth-order valence-electron chi connectivity index (χ4n) is 4.35. The highest BCUT2D eigenvalue weighted by molar-refractivity contribution is 6.36.